The zero-order valence-corrected chi connectivity index (χ0v) is 11.6. The molecule has 0 unspecified atom stereocenters. The molecule has 0 amide bonds. The number of hydrogen-bond acceptors (Lipinski definition) is 2. The molecular weight excluding hydrogens is 248 g/mol. The molecule has 1 aromatic heterocycles. The van der Waals surface area contributed by atoms with Gasteiger partial charge in [-0.15, -0.1) is 0 Å². The molecule has 3 nitrogen and oxygen atoms in total. The van der Waals surface area contributed by atoms with Crippen molar-refractivity contribution in [3.05, 3.63) is 40.5 Å². The molecule has 0 aliphatic heterocycles. The highest BCUT2D eigenvalue weighted by Crippen LogP contribution is 2.31. The lowest BCUT2D eigenvalue weighted by Crippen LogP contribution is -2.04. The van der Waals surface area contributed by atoms with Crippen molar-refractivity contribution in [2.45, 2.75) is 13.5 Å². The van der Waals surface area contributed by atoms with E-state index in [1.54, 1.807) is 7.11 Å². The Morgan fingerprint density at radius 3 is 2.72 bits per heavy atom. The van der Waals surface area contributed by atoms with E-state index < -0.39 is 0 Å². The monoisotopic (exact) mass is 264 g/mol. The Hall–Kier alpha value is -1.45. The zero-order chi connectivity index (χ0) is 13.1. The molecule has 0 aliphatic rings. The third kappa shape index (κ3) is 2.52. The van der Waals surface area contributed by atoms with Gasteiger partial charge in [-0.3, -0.25) is 0 Å². The second-order valence-corrected chi connectivity index (χ2v) is 4.62. The Morgan fingerprint density at radius 2 is 2.11 bits per heavy atom. The van der Waals surface area contributed by atoms with E-state index in [1.165, 1.54) is 5.56 Å². The van der Waals surface area contributed by atoms with E-state index in [1.807, 2.05) is 25.2 Å². The van der Waals surface area contributed by atoms with Crippen LogP contribution >= 0.6 is 11.6 Å². The summed E-state index contributed by atoms with van der Waals surface area (Å²) in [4.78, 5) is 3.36. The van der Waals surface area contributed by atoms with Crippen molar-refractivity contribution < 1.29 is 4.74 Å². The van der Waals surface area contributed by atoms with Gasteiger partial charge in [-0.25, -0.2) is 0 Å². The van der Waals surface area contributed by atoms with E-state index in [4.69, 9.17) is 16.3 Å². The van der Waals surface area contributed by atoms with Crippen LogP contribution in [0.5, 0.6) is 5.75 Å². The predicted octanol–water partition coefficient (Wildman–Crippen LogP) is 3.37. The van der Waals surface area contributed by atoms with Crippen LogP contribution in [0.2, 0.25) is 5.02 Å². The second-order valence-electron chi connectivity index (χ2n) is 4.21. The minimum absolute atomic E-state index is 0.687. The van der Waals surface area contributed by atoms with Crippen LogP contribution in [0.15, 0.2) is 24.3 Å². The maximum Gasteiger partial charge on any atom is 0.120 e. The number of H-pyrrole nitrogens is 1. The number of aryl methyl sites for hydroxylation is 1. The molecular formula is C14H17ClN2O. The summed E-state index contributed by atoms with van der Waals surface area (Å²) in [5.74, 6) is 0.766. The molecule has 1 heterocycles. The fourth-order valence-corrected chi connectivity index (χ4v) is 2.23. The standard InChI is InChI=1S/C14H17ClN2O/c1-9-10(8-16-2)6-14(17-9)12-5-4-11(18-3)7-13(12)15/h4-7,16-17H,8H2,1-3H3. The molecule has 2 aromatic rings. The van der Waals surface area contributed by atoms with Gasteiger partial charge in [0, 0.05) is 23.5 Å². The van der Waals surface area contributed by atoms with E-state index in [9.17, 15) is 0 Å². The molecule has 0 bridgehead atoms. The number of hydrogen-bond donors (Lipinski definition) is 2. The SMILES string of the molecule is CNCc1cc(-c2ccc(OC)cc2Cl)[nH]c1C. The maximum atomic E-state index is 6.27. The van der Waals surface area contributed by atoms with Gasteiger partial charge in [0.15, 0.2) is 0 Å². The fourth-order valence-electron chi connectivity index (χ4n) is 1.96. The van der Waals surface area contributed by atoms with E-state index in [2.05, 4.69) is 23.3 Å². The number of halogens is 1. The highest BCUT2D eigenvalue weighted by atomic mass is 35.5. The van der Waals surface area contributed by atoms with Gasteiger partial charge in [-0.1, -0.05) is 11.6 Å². The Labute approximate surface area is 112 Å². The summed E-state index contributed by atoms with van der Waals surface area (Å²) in [6, 6.07) is 7.83. The Bertz CT molecular complexity index is 549. The van der Waals surface area contributed by atoms with Crippen LogP contribution in [0.1, 0.15) is 11.3 Å². The Balaban J connectivity index is 2.39. The Morgan fingerprint density at radius 1 is 1.33 bits per heavy atom. The number of aromatic nitrogens is 1. The number of benzene rings is 1. The van der Waals surface area contributed by atoms with Gasteiger partial charge in [-0.05, 0) is 43.8 Å². The van der Waals surface area contributed by atoms with Crippen LogP contribution in [0, 0.1) is 6.92 Å². The summed E-state index contributed by atoms with van der Waals surface area (Å²) >= 11 is 6.27. The molecule has 0 saturated heterocycles. The molecule has 0 aliphatic carbocycles. The first-order chi connectivity index (χ1) is 8.65. The van der Waals surface area contributed by atoms with Crippen molar-refractivity contribution in [3.8, 4) is 17.0 Å². The summed E-state index contributed by atoms with van der Waals surface area (Å²) < 4.78 is 5.15. The highest BCUT2D eigenvalue weighted by Gasteiger charge is 2.09. The third-order valence-electron chi connectivity index (χ3n) is 2.96. The first-order valence-corrected chi connectivity index (χ1v) is 6.20. The highest BCUT2D eigenvalue weighted by molar-refractivity contribution is 6.33. The zero-order valence-electron chi connectivity index (χ0n) is 10.8. The average Bonchev–Trinajstić information content (AvgIpc) is 2.71. The lowest BCUT2D eigenvalue weighted by molar-refractivity contribution is 0.415. The van der Waals surface area contributed by atoms with Crippen molar-refractivity contribution in [1.29, 1.82) is 0 Å². The smallest absolute Gasteiger partial charge is 0.120 e. The summed E-state index contributed by atoms with van der Waals surface area (Å²) in [5.41, 5.74) is 4.43. The average molecular weight is 265 g/mol. The van der Waals surface area contributed by atoms with Crippen LogP contribution in [0.25, 0.3) is 11.3 Å². The van der Waals surface area contributed by atoms with Crippen LogP contribution in [0.4, 0.5) is 0 Å². The van der Waals surface area contributed by atoms with Crippen LogP contribution < -0.4 is 10.1 Å². The summed E-state index contributed by atoms with van der Waals surface area (Å²) in [7, 11) is 3.57. The van der Waals surface area contributed by atoms with Crippen molar-refractivity contribution in [2.75, 3.05) is 14.2 Å². The number of aromatic amines is 1. The molecule has 18 heavy (non-hydrogen) atoms. The van der Waals surface area contributed by atoms with Crippen LogP contribution in [-0.4, -0.2) is 19.1 Å². The molecule has 1 aromatic carbocycles. The normalized spacial score (nSPS) is 10.7. The first-order valence-electron chi connectivity index (χ1n) is 5.82. The van der Waals surface area contributed by atoms with Crippen LogP contribution in [-0.2, 0) is 6.54 Å². The van der Waals surface area contributed by atoms with E-state index >= 15 is 0 Å². The van der Waals surface area contributed by atoms with Gasteiger partial charge < -0.3 is 15.0 Å². The number of ether oxygens (including phenoxy) is 1. The Kier molecular flexibility index (Phi) is 3.94. The second kappa shape index (κ2) is 5.46. The summed E-state index contributed by atoms with van der Waals surface area (Å²) in [6.45, 7) is 2.91. The van der Waals surface area contributed by atoms with E-state index in [0.717, 1.165) is 29.2 Å². The van der Waals surface area contributed by atoms with Gasteiger partial charge in [0.1, 0.15) is 5.75 Å². The molecule has 0 saturated carbocycles. The molecule has 2 N–H and O–H groups in total. The number of methoxy groups -OCH3 is 1. The number of rotatable bonds is 4. The van der Waals surface area contributed by atoms with Gasteiger partial charge in [-0.2, -0.15) is 0 Å². The quantitative estimate of drug-likeness (QED) is 0.888. The molecule has 96 valence electrons. The largest absolute Gasteiger partial charge is 0.497 e. The molecule has 4 heteroatoms. The van der Waals surface area contributed by atoms with E-state index in [-0.39, 0.29) is 0 Å². The minimum Gasteiger partial charge on any atom is -0.497 e. The molecule has 2 rings (SSSR count). The topological polar surface area (TPSA) is 37.0 Å². The maximum absolute atomic E-state index is 6.27. The molecule has 0 fully saturated rings. The van der Waals surface area contributed by atoms with E-state index in [0.29, 0.717) is 5.02 Å². The minimum atomic E-state index is 0.687. The summed E-state index contributed by atoms with van der Waals surface area (Å²) in [5, 5.41) is 3.84. The lowest BCUT2D eigenvalue weighted by atomic mass is 10.1. The molecule has 0 radical (unpaired) electrons. The summed E-state index contributed by atoms with van der Waals surface area (Å²) in [6.07, 6.45) is 0. The predicted molar refractivity (Wildman–Crippen MR) is 75.3 cm³/mol. The van der Waals surface area contributed by atoms with Crippen molar-refractivity contribution in [1.82, 2.24) is 10.3 Å². The molecule has 0 atom stereocenters. The first kappa shape index (κ1) is 13.0. The van der Waals surface area contributed by atoms with Crippen molar-refractivity contribution >= 4 is 11.6 Å². The molecule has 0 spiro atoms. The van der Waals surface area contributed by atoms with Crippen molar-refractivity contribution in [3.63, 3.8) is 0 Å². The number of nitrogens with one attached hydrogen (secondary N) is 2. The van der Waals surface area contributed by atoms with Gasteiger partial charge in [0.25, 0.3) is 0 Å². The van der Waals surface area contributed by atoms with Gasteiger partial charge in [0.2, 0.25) is 0 Å². The fraction of sp³-hybridized carbons (Fsp3) is 0.286. The van der Waals surface area contributed by atoms with Crippen molar-refractivity contribution in [2.24, 2.45) is 0 Å². The third-order valence-corrected chi connectivity index (χ3v) is 3.27. The van der Waals surface area contributed by atoms with Crippen LogP contribution in [0.3, 0.4) is 0 Å². The lowest BCUT2D eigenvalue weighted by Gasteiger charge is -2.04. The van der Waals surface area contributed by atoms with Gasteiger partial charge in [0.05, 0.1) is 12.1 Å². The van der Waals surface area contributed by atoms with Gasteiger partial charge >= 0.3 is 0 Å².